The Labute approximate surface area is 189 Å². The van der Waals surface area contributed by atoms with Gasteiger partial charge in [-0.2, -0.15) is 0 Å². The van der Waals surface area contributed by atoms with E-state index in [1.807, 2.05) is 0 Å². The van der Waals surface area contributed by atoms with Gasteiger partial charge < -0.3 is 5.73 Å². The van der Waals surface area contributed by atoms with Gasteiger partial charge in [-0.25, -0.2) is 22.3 Å². The van der Waals surface area contributed by atoms with Crippen LogP contribution in [-0.4, -0.2) is 42.3 Å². The Morgan fingerprint density at radius 2 is 2.03 bits per heavy atom. The summed E-state index contributed by atoms with van der Waals surface area (Å²) in [4.78, 5) is 25.4. The smallest absolute Gasteiger partial charge is 0.188 e. The average Bonchev–Trinajstić information content (AvgIpc) is 3.13. The molecule has 2 aliphatic heterocycles. The fourth-order valence-electron chi connectivity index (χ4n) is 4.28. The molecule has 170 valence electrons. The third kappa shape index (κ3) is 3.31. The third-order valence-electron chi connectivity index (χ3n) is 6.18. The van der Waals surface area contributed by atoms with Crippen LogP contribution in [0.25, 0.3) is 0 Å². The number of aliphatic imine (C=N–C) groups is 1. The molecule has 0 saturated carbocycles. The van der Waals surface area contributed by atoms with E-state index < -0.39 is 42.7 Å². The first kappa shape index (κ1) is 22.7. The molecule has 7 nitrogen and oxygen atoms in total. The van der Waals surface area contributed by atoms with Crippen LogP contribution in [0.1, 0.15) is 49.1 Å². The molecule has 11 heteroatoms. The number of fused-ring (bicyclic) bond motifs is 1. The van der Waals surface area contributed by atoms with Gasteiger partial charge >= 0.3 is 0 Å². The van der Waals surface area contributed by atoms with Crippen LogP contribution in [0, 0.1) is 11.6 Å². The highest BCUT2D eigenvalue weighted by atomic mass is 35.5. The number of aromatic nitrogens is 2. The summed E-state index contributed by atoms with van der Waals surface area (Å²) in [5.41, 5.74) is 4.97. The summed E-state index contributed by atoms with van der Waals surface area (Å²) in [6, 6.07) is 3.55. The second-order valence-corrected chi connectivity index (χ2v) is 12.0. The van der Waals surface area contributed by atoms with Gasteiger partial charge in [-0.05, 0) is 45.4 Å². The SMILES string of the molecule is CC1(C)C(N)=N[C@](C)(c2nc(CC(=O)c3ncc(F)cc3Cl)ccc2F)[C@H]2CCN=[S@@]21=O. The summed E-state index contributed by atoms with van der Waals surface area (Å²) in [5, 5.41) is -0.707. The number of nitrogens with two attached hydrogens (primary N) is 1. The van der Waals surface area contributed by atoms with Crippen molar-refractivity contribution in [2.24, 2.45) is 15.1 Å². The van der Waals surface area contributed by atoms with Gasteiger partial charge in [0.2, 0.25) is 0 Å². The van der Waals surface area contributed by atoms with Crippen molar-refractivity contribution in [1.29, 1.82) is 0 Å². The lowest BCUT2D eigenvalue weighted by molar-refractivity contribution is 0.0987. The van der Waals surface area contributed by atoms with Gasteiger partial charge in [-0.1, -0.05) is 11.6 Å². The summed E-state index contributed by atoms with van der Waals surface area (Å²) >= 11 is 5.93. The monoisotopic (exact) mass is 481 g/mol. The first-order valence-corrected chi connectivity index (χ1v) is 11.9. The average molecular weight is 482 g/mol. The molecule has 4 heterocycles. The zero-order valence-corrected chi connectivity index (χ0v) is 19.3. The van der Waals surface area contributed by atoms with Crippen LogP contribution >= 0.6 is 11.6 Å². The molecule has 0 fully saturated rings. The maximum absolute atomic E-state index is 15.0. The van der Waals surface area contributed by atoms with Gasteiger partial charge in [0, 0.05) is 12.2 Å². The van der Waals surface area contributed by atoms with Crippen molar-refractivity contribution >= 4 is 32.9 Å². The van der Waals surface area contributed by atoms with E-state index in [1.54, 1.807) is 20.8 Å². The van der Waals surface area contributed by atoms with Crippen LogP contribution < -0.4 is 5.73 Å². The first-order valence-electron chi connectivity index (χ1n) is 9.97. The molecule has 0 aromatic carbocycles. The van der Waals surface area contributed by atoms with E-state index in [-0.39, 0.29) is 34.4 Å². The van der Waals surface area contributed by atoms with Crippen molar-refractivity contribution in [3.8, 4) is 0 Å². The minimum absolute atomic E-state index is 0.0470. The molecule has 2 aromatic heterocycles. The summed E-state index contributed by atoms with van der Waals surface area (Å²) < 4.78 is 45.5. The van der Waals surface area contributed by atoms with Gasteiger partial charge in [0.25, 0.3) is 0 Å². The van der Waals surface area contributed by atoms with Crippen LogP contribution in [0.5, 0.6) is 0 Å². The highest BCUT2D eigenvalue weighted by molar-refractivity contribution is 7.96. The number of ketones is 1. The number of rotatable bonds is 4. The summed E-state index contributed by atoms with van der Waals surface area (Å²) in [7, 11) is -2.85. The van der Waals surface area contributed by atoms with Crippen LogP contribution in [0.2, 0.25) is 5.02 Å². The number of halogens is 3. The normalized spacial score (nSPS) is 28.6. The zero-order valence-electron chi connectivity index (χ0n) is 17.7. The molecule has 0 amide bonds. The maximum Gasteiger partial charge on any atom is 0.188 e. The molecule has 0 saturated heterocycles. The van der Waals surface area contributed by atoms with E-state index in [0.717, 1.165) is 12.3 Å². The Kier molecular flexibility index (Phi) is 5.36. The van der Waals surface area contributed by atoms with Gasteiger partial charge in [0.1, 0.15) is 39.1 Å². The largest absolute Gasteiger partial charge is 0.386 e. The quantitative estimate of drug-likeness (QED) is 0.672. The fourth-order valence-corrected chi connectivity index (χ4v) is 7.69. The highest BCUT2D eigenvalue weighted by Gasteiger charge is 2.57. The van der Waals surface area contributed by atoms with Gasteiger partial charge in [0.15, 0.2) is 5.78 Å². The maximum atomic E-state index is 15.0. The Hall–Kier alpha value is -2.46. The van der Waals surface area contributed by atoms with Crippen molar-refractivity contribution in [3.05, 3.63) is 58.1 Å². The Balaban J connectivity index is 1.76. The molecular formula is C21H22ClF2N5O2S. The Morgan fingerprint density at radius 1 is 1.31 bits per heavy atom. The number of amidine groups is 1. The molecule has 2 aliphatic rings. The van der Waals surface area contributed by atoms with Crippen molar-refractivity contribution in [2.75, 3.05) is 6.54 Å². The lowest BCUT2D eigenvalue weighted by atomic mass is 9.89. The number of hydrogen-bond acceptors (Lipinski definition) is 7. The topological polar surface area (TPSA) is 111 Å². The Morgan fingerprint density at radius 3 is 2.72 bits per heavy atom. The first-order chi connectivity index (χ1) is 14.9. The molecule has 0 radical (unpaired) electrons. The molecule has 2 N–H and O–H groups in total. The number of pyridine rings is 2. The van der Waals surface area contributed by atoms with Gasteiger partial charge in [-0.15, -0.1) is 0 Å². The molecule has 4 rings (SSSR count). The molecule has 32 heavy (non-hydrogen) atoms. The number of carbonyl (C=O) groups excluding carboxylic acids is 1. The molecule has 0 aliphatic carbocycles. The van der Waals surface area contributed by atoms with Crippen LogP contribution in [0.15, 0.2) is 33.8 Å². The summed E-state index contributed by atoms with van der Waals surface area (Å²) in [5.74, 6) is -1.69. The predicted molar refractivity (Wildman–Crippen MR) is 118 cm³/mol. The third-order valence-corrected chi connectivity index (χ3v) is 10.2. The number of Topliss-reactive ketones (excluding diaryl/α,β-unsaturated/α-hetero) is 1. The molecule has 0 bridgehead atoms. The van der Waals surface area contributed by atoms with Crippen LogP contribution in [0.3, 0.4) is 0 Å². The van der Waals surface area contributed by atoms with Gasteiger partial charge in [-0.3, -0.25) is 14.8 Å². The van der Waals surface area contributed by atoms with Crippen LogP contribution in [-0.2, 0) is 21.7 Å². The van der Waals surface area contributed by atoms with E-state index >= 15 is 4.39 Å². The van der Waals surface area contributed by atoms with Crippen molar-refractivity contribution in [2.45, 2.75) is 49.1 Å². The van der Waals surface area contributed by atoms with E-state index in [2.05, 4.69) is 19.3 Å². The molecular weight excluding hydrogens is 460 g/mol. The lowest BCUT2D eigenvalue weighted by Gasteiger charge is -2.44. The molecule has 2 aromatic rings. The standard InChI is InChI=1S/C21H22ClF2N5O2S/c1-20(2)19(25)29-21(3,16-6-7-27-32(16,20)31)18-14(24)5-4-12(28-18)9-15(30)17-13(22)8-11(23)10-26-17/h4-5,8,10,16H,6-7,9H2,1-3H3,(H2,25,29)/t16-,21+,32-/m1/s1. The van der Waals surface area contributed by atoms with Crippen molar-refractivity contribution < 1.29 is 17.8 Å². The van der Waals surface area contributed by atoms with E-state index in [4.69, 9.17) is 17.3 Å². The van der Waals surface area contributed by atoms with E-state index in [0.29, 0.717) is 13.0 Å². The minimum atomic E-state index is -2.85. The van der Waals surface area contributed by atoms with Crippen molar-refractivity contribution in [1.82, 2.24) is 9.97 Å². The molecule has 0 spiro atoms. The minimum Gasteiger partial charge on any atom is -0.386 e. The Bertz CT molecular complexity index is 1290. The second-order valence-electron chi connectivity index (χ2n) is 8.57. The zero-order chi connectivity index (χ0) is 23.5. The number of hydrogen-bond donors (Lipinski definition) is 1. The lowest BCUT2D eigenvalue weighted by Crippen LogP contribution is -2.58. The number of carbonyl (C=O) groups is 1. The van der Waals surface area contributed by atoms with Gasteiger partial charge in [0.05, 0.1) is 32.6 Å². The van der Waals surface area contributed by atoms with Crippen LogP contribution in [0.4, 0.5) is 8.78 Å². The highest BCUT2D eigenvalue weighted by Crippen LogP contribution is 2.47. The molecule has 3 atom stereocenters. The van der Waals surface area contributed by atoms with E-state index in [1.165, 1.54) is 12.1 Å². The fraction of sp³-hybridized carbons (Fsp3) is 0.429. The number of nitrogens with zero attached hydrogens (tertiary/aromatic N) is 4. The summed E-state index contributed by atoms with van der Waals surface area (Å²) in [6.07, 6.45) is 1.11. The van der Waals surface area contributed by atoms with E-state index in [9.17, 15) is 13.4 Å². The summed E-state index contributed by atoms with van der Waals surface area (Å²) in [6.45, 7) is 5.47. The second kappa shape index (κ2) is 7.55. The molecule has 0 unspecified atom stereocenters. The van der Waals surface area contributed by atoms with Crippen molar-refractivity contribution in [3.63, 3.8) is 0 Å². The predicted octanol–water partition coefficient (Wildman–Crippen LogP) is 3.44.